The highest BCUT2D eigenvalue weighted by Gasteiger charge is 2.25. The SMILES string of the molecule is c1ccc2c(c1)oc1cc3c(cc12)c1ccccc1n3-c1cc2nccc(-n3c4ccccc4c4cc5c(cc43)oc3ccccc35)c2cc1-n1c2ccccc2c2cc3c(cc21)oc1ccccc13. The molecule has 70 heavy (non-hydrogen) atoms. The molecule has 0 bridgehead atoms. The van der Waals surface area contributed by atoms with Crippen LogP contribution in [-0.4, -0.2) is 18.7 Å². The van der Waals surface area contributed by atoms with Gasteiger partial charge in [0.25, 0.3) is 0 Å². The molecular weight excluding hydrogens is 861 g/mol. The zero-order valence-electron chi connectivity index (χ0n) is 37.1. The van der Waals surface area contributed by atoms with Gasteiger partial charge in [-0.15, -0.1) is 0 Å². The lowest BCUT2D eigenvalue weighted by Gasteiger charge is -2.19. The smallest absolute Gasteiger partial charge is 0.137 e. The summed E-state index contributed by atoms with van der Waals surface area (Å²) >= 11 is 0. The Morgan fingerprint density at radius 2 is 0.600 bits per heavy atom. The Bertz CT molecular complexity index is 5150. The first-order valence-electron chi connectivity index (χ1n) is 23.7. The predicted octanol–water partition coefficient (Wildman–Crippen LogP) is 17.2. The van der Waals surface area contributed by atoms with Gasteiger partial charge in [0.05, 0.1) is 55.7 Å². The van der Waals surface area contributed by atoms with Gasteiger partial charge in [-0.3, -0.25) is 4.98 Å². The lowest BCUT2D eigenvalue weighted by molar-refractivity contribution is 0.669. The zero-order valence-corrected chi connectivity index (χ0v) is 37.1. The monoisotopic (exact) mass is 894 g/mol. The van der Waals surface area contributed by atoms with Gasteiger partial charge in [-0.25, -0.2) is 0 Å². The number of hydrogen-bond acceptors (Lipinski definition) is 4. The molecule has 0 radical (unpaired) electrons. The van der Waals surface area contributed by atoms with Crippen molar-refractivity contribution < 1.29 is 13.3 Å². The van der Waals surface area contributed by atoms with Gasteiger partial charge in [0, 0.05) is 94.4 Å². The molecule has 0 spiro atoms. The molecule has 0 aliphatic carbocycles. The molecule has 324 valence electrons. The van der Waals surface area contributed by atoms with E-state index >= 15 is 0 Å². The van der Waals surface area contributed by atoms with Crippen LogP contribution in [0.15, 0.2) is 220 Å². The van der Waals surface area contributed by atoms with Crippen molar-refractivity contribution in [3.63, 3.8) is 0 Å². The maximum Gasteiger partial charge on any atom is 0.137 e. The summed E-state index contributed by atoms with van der Waals surface area (Å²) in [6.07, 6.45) is 1.95. The Kier molecular flexibility index (Phi) is 6.83. The summed E-state index contributed by atoms with van der Waals surface area (Å²) in [6.45, 7) is 0. The molecule has 7 nitrogen and oxygen atoms in total. The summed E-state index contributed by atoms with van der Waals surface area (Å²) < 4.78 is 27.1. The van der Waals surface area contributed by atoms with E-state index in [-0.39, 0.29) is 0 Å². The third-order valence-corrected chi connectivity index (χ3v) is 15.1. The average molecular weight is 895 g/mol. The fourth-order valence-corrected chi connectivity index (χ4v) is 12.1. The van der Waals surface area contributed by atoms with Gasteiger partial charge in [0.1, 0.15) is 33.5 Å². The molecule has 17 rings (SSSR count). The number of nitrogens with zero attached hydrogens (tertiary/aromatic N) is 4. The predicted molar refractivity (Wildman–Crippen MR) is 287 cm³/mol. The van der Waals surface area contributed by atoms with E-state index in [1.54, 1.807) is 0 Å². The largest absolute Gasteiger partial charge is 0.456 e. The van der Waals surface area contributed by atoms with Crippen LogP contribution in [0.25, 0.3) is 159 Å². The van der Waals surface area contributed by atoms with Crippen molar-refractivity contribution in [3.05, 3.63) is 206 Å². The van der Waals surface area contributed by atoms with Crippen LogP contribution < -0.4 is 0 Å². The van der Waals surface area contributed by atoms with Crippen LogP contribution in [0.5, 0.6) is 0 Å². The summed E-state index contributed by atoms with van der Waals surface area (Å²) in [5.41, 5.74) is 15.5. The van der Waals surface area contributed by atoms with Crippen LogP contribution in [0, 0.1) is 0 Å². The summed E-state index contributed by atoms with van der Waals surface area (Å²) in [7, 11) is 0. The lowest BCUT2D eigenvalue weighted by Crippen LogP contribution is -2.05. The second kappa shape index (κ2) is 13.1. The van der Waals surface area contributed by atoms with E-state index in [9.17, 15) is 0 Å². The minimum Gasteiger partial charge on any atom is -0.456 e. The van der Waals surface area contributed by atoms with E-state index in [2.05, 4.69) is 190 Å². The number of furan rings is 3. The number of pyridine rings is 1. The topological polar surface area (TPSA) is 67.1 Å². The summed E-state index contributed by atoms with van der Waals surface area (Å²) in [6, 6.07) is 71.6. The van der Waals surface area contributed by atoms with Gasteiger partial charge in [-0.1, -0.05) is 109 Å². The average Bonchev–Trinajstić information content (AvgIpc) is 4.25. The van der Waals surface area contributed by atoms with Crippen LogP contribution in [-0.2, 0) is 0 Å². The van der Waals surface area contributed by atoms with Gasteiger partial charge in [-0.05, 0) is 72.8 Å². The molecule has 17 aromatic rings. The molecule has 0 saturated carbocycles. The Balaban J connectivity index is 1.04. The molecule has 0 aliphatic heterocycles. The molecule has 7 aromatic heterocycles. The highest BCUT2D eigenvalue weighted by atomic mass is 16.3. The van der Waals surface area contributed by atoms with Crippen LogP contribution >= 0.6 is 0 Å². The number of aromatic nitrogens is 4. The van der Waals surface area contributed by atoms with Crippen molar-refractivity contribution in [2.45, 2.75) is 0 Å². The molecule has 0 aliphatic rings. The molecule has 0 saturated heterocycles. The van der Waals surface area contributed by atoms with Crippen molar-refractivity contribution in [1.29, 1.82) is 0 Å². The fourth-order valence-electron chi connectivity index (χ4n) is 12.1. The third kappa shape index (κ3) is 4.70. The standard InChI is InChI=1S/C63H34N4O3/c1-7-19-49-35(13-1)41-27-44-38-16-4-10-22-58(38)68-61(44)32-53(41)65(49)52-25-26-64-48-31-57(67-51-21-9-3-15-37(51)43-29-46-40-18-6-12-24-60(40)70-63(46)34-55(43)67)56(30-47(48)52)66-50-20-8-2-14-36(50)42-28-45-39-17-5-11-23-59(39)69-62(45)33-54(42)66/h1-34H. The number of fused-ring (bicyclic) bond motifs is 19. The van der Waals surface area contributed by atoms with Crippen LogP contribution in [0.4, 0.5) is 0 Å². The van der Waals surface area contributed by atoms with Crippen molar-refractivity contribution in [1.82, 2.24) is 18.7 Å². The van der Waals surface area contributed by atoms with Gasteiger partial charge < -0.3 is 27.0 Å². The quantitative estimate of drug-likeness (QED) is 0.177. The van der Waals surface area contributed by atoms with Crippen molar-refractivity contribution in [2.24, 2.45) is 0 Å². The second-order valence-electron chi connectivity index (χ2n) is 18.6. The number of rotatable bonds is 3. The second-order valence-corrected chi connectivity index (χ2v) is 18.6. The maximum absolute atomic E-state index is 6.65. The third-order valence-electron chi connectivity index (χ3n) is 15.1. The van der Waals surface area contributed by atoms with E-state index < -0.39 is 0 Å². The van der Waals surface area contributed by atoms with Gasteiger partial charge in [-0.2, -0.15) is 0 Å². The van der Waals surface area contributed by atoms with Crippen molar-refractivity contribution in [3.8, 4) is 17.1 Å². The molecule has 10 aromatic carbocycles. The highest BCUT2D eigenvalue weighted by Crippen LogP contribution is 2.45. The van der Waals surface area contributed by atoms with Crippen molar-refractivity contribution >= 4 is 142 Å². The molecular formula is C63H34N4O3. The first-order chi connectivity index (χ1) is 34.7. The minimum absolute atomic E-state index is 0.841. The molecule has 0 fully saturated rings. The maximum atomic E-state index is 6.65. The van der Waals surface area contributed by atoms with E-state index in [4.69, 9.17) is 18.2 Å². The summed E-state index contributed by atoms with van der Waals surface area (Å²) in [4.78, 5) is 5.22. The number of benzene rings is 10. The van der Waals surface area contributed by atoms with Gasteiger partial charge in [0.2, 0.25) is 0 Å². The van der Waals surface area contributed by atoms with E-state index in [1.165, 1.54) is 5.39 Å². The van der Waals surface area contributed by atoms with E-state index in [0.717, 1.165) is 154 Å². The van der Waals surface area contributed by atoms with Crippen LogP contribution in [0.3, 0.4) is 0 Å². The molecule has 7 heterocycles. The summed E-state index contributed by atoms with van der Waals surface area (Å²) in [5.74, 6) is 0. The molecule has 0 N–H and O–H groups in total. The van der Waals surface area contributed by atoms with Gasteiger partial charge in [0.15, 0.2) is 0 Å². The van der Waals surface area contributed by atoms with Crippen molar-refractivity contribution in [2.75, 3.05) is 0 Å². The number of para-hydroxylation sites is 6. The molecule has 0 atom stereocenters. The molecule has 7 heteroatoms. The van der Waals surface area contributed by atoms with Crippen LogP contribution in [0.1, 0.15) is 0 Å². The fraction of sp³-hybridized carbons (Fsp3) is 0. The summed E-state index contributed by atoms with van der Waals surface area (Å²) in [5, 5.41) is 14.6. The number of hydrogen-bond donors (Lipinski definition) is 0. The molecule has 0 amide bonds. The molecule has 0 unspecified atom stereocenters. The first-order valence-corrected chi connectivity index (χ1v) is 23.7. The minimum atomic E-state index is 0.841. The van der Waals surface area contributed by atoms with E-state index in [0.29, 0.717) is 0 Å². The lowest BCUT2D eigenvalue weighted by atomic mass is 10.1. The Morgan fingerprint density at radius 3 is 1.03 bits per heavy atom. The Morgan fingerprint density at radius 1 is 0.243 bits per heavy atom. The highest BCUT2D eigenvalue weighted by molar-refractivity contribution is 6.21. The van der Waals surface area contributed by atoms with Gasteiger partial charge >= 0.3 is 0 Å². The van der Waals surface area contributed by atoms with E-state index in [1.807, 2.05) is 30.5 Å². The zero-order chi connectivity index (χ0) is 45.3. The Labute approximate surface area is 395 Å². The normalized spacial score (nSPS) is 12.6. The Hall–Kier alpha value is -9.59. The first kappa shape index (κ1) is 36.5. The van der Waals surface area contributed by atoms with Crippen LogP contribution in [0.2, 0.25) is 0 Å².